The van der Waals surface area contributed by atoms with Crippen molar-refractivity contribution >= 4 is 20.7 Å². The first kappa shape index (κ1) is 20.3. The van der Waals surface area contributed by atoms with Gasteiger partial charge in [0.25, 0.3) is 5.56 Å². The summed E-state index contributed by atoms with van der Waals surface area (Å²) in [6.45, 7) is 3.93. The third-order valence-electron chi connectivity index (χ3n) is 4.97. The van der Waals surface area contributed by atoms with Gasteiger partial charge in [-0.25, -0.2) is 8.42 Å². The Bertz CT molecular complexity index is 1180. The van der Waals surface area contributed by atoms with E-state index in [-0.39, 0.29) is 11.3 Å². The van der Waals surface area contributed by atoms with Gasteiger partial charge < -0.3 is 4.57 Å². The number of rotatable bonds is 6. The fourth-order valence-electron chi connectivity index (χ4n) is 3.71. The highest BCUT2D eigenvalue weighted by atomic mass is 32.2. The van der Waals surface area contributed by atoms with E-state index in [9.17, 15) is 13.2 Å². The van der Waals surface area contributed by atoms with Gasteiger partial charge in [-0.3, -0.25) is 9.48 Å². The molecule has 0 radical (unpaired) electrons. The maximum atomic E-state index is 12.1. The van der Waals surface area contributed by atoms with Gasteiger partial charge in [0.15, 0.2) is 9.84 Å². The van der Waals surface area contributed by atoms with E-state index in [0.717, 1.165) is 52.5 Å². The third-order valence-corrected chi connectivity index (χ3v) is 5.81. The Morgan fingerprint density at radius 2 is 1.82 bits per heavy atom. The number of sulfone groups is 1. The van der Waals surface area contributed by atoms with Crippen molar-refractivity contribution in [3.63, 3.8) is 0 Å². The van der Waals surface area contributed by atoms with Crippen molar-refractivity contribution in [2.24, 2.45) is 14.1 Å². The fraction of sp³-hybridized carbons (Fsp3) is 0.429. The molecule has 0 amide bonds. The molecule has 6 nitrogen and oxygen atoms in total. The molecule has 0 aliphatic heterocycles. The zero-order valence-electron chi connectivity index (χ0n) is 17.1. The summed E-state index contributed by atoms with van der Waals surface area (Å²) in [7, 11) is 0.377. The Labute approximate surface area is 165 Å². The Morgan fingerprint density at radius 1 is 1.11 bits per heavy atom. The molecule has 28 heavy (non-hydrogen) atoms. The van der Waals surface area contributed by atoms with Crippen LogP contribution in [0, 0.1) is 6.92 Å². The molecule has 7 heteroatoms. The summed E-state index contributed by atoms with van der Waals surface area (Å²) in [6, 6.07) is 5.84. The number of benzene rings is 1. The standard InChI is InChI=1S/C21H27N3O3S/c1-6-7-8-19-18-11-15(16-9-14(2)21(25)23(3)12-16)10-17(13-28(5,26)27)20(18)24(4)22-19/h9-12H,6-8,13H2,1-5H3. The minimum atomic E-state index is -3.21. The van der Waals surface area contributed by atoms with Crippen LogP contribution in [0.3, 0.4) is 0 Å². The summed E-state index contributed by atoms with van der Waals surface area (Å²) in [5.41, 5.74) is 4.99. The Balaban J connectivity index is 2.30. The second kappa shape index (κ2) is 7.54. The molecule has 0 saturated carbocycles. The number of fused-ring (bicyclic) bond motifs is 1. The van der Waals surface area contributed by atoms with Crippen molar-refractivity contribution in [3.8, 4) is 11.1 Å². The molecule has 0 fully saturated rings. The van der Waals surface area contributed by atoms with E-state index < -0.39 is 9.84 Å². The van der Waals surface area contributed by atoms with Crippen molar-refractivity contribution in [1.82, 2.24) is 14.3 Å². The van der Waals surface area contributed by atoms with Gasteiger partial charge in [0.05, 0.1) is 17.0 Å². The van der Waals surface area contributed by atoms with Crippen molar-refractivity contribution < 1.29 is 8.42 Å². The van der Waals surface area contributed by atoms with Crippen LogP contribution in [0.4, 0.5) is 0 Å². The molecular formula is C21H27N3O3S. The van der Waals surface area contributed by atoms with Gasteiger partial charge in [0.1, 0.15) is 0 Å². The number of hydrogen-bond acceptors (Lipinski definition) is 4. The number of aryl methyl sites for hydroxylation is 4. The van der Waals surface area contributed by atoms with E-state index in [0.29, 0.717) is 5.56 Å². The lowest BCUT2D eigenvalue weighted by atomic mass is 9.99. The molecule has 150 valence electrons. The second-order valence-corrected chi connectivity index (χ2v) is 9.74. The highest BCUT2D eigenvalue weighted by Gasteiger charge is 2.18. The molecule has 3 aromatic rings. The largest absolute Gasteiger partial charge is 0.318 e. The highest BCUT2D eigenvalue weighted by molar-refractivity contribution is 7.89. The van der Waals surface area contributed by atoms with Crippen LogP contribution in [0.5, 0.6) is 0 Å². The number of aromatic nitrogens is 3. The summed E-state index contributed by atoms with van der Waals surface area (Å²) < 4.78 is 27.5. The Morgan fingerprint density at radius 3 is 2.43 bits per heavy atom. The molecule has 0 saturated heterocycles. The Kier molecular flexibility index (Phi) is 5.48. The molecule has 0 spiro atoms. The minimum Gasteiger partial charge on any atom is -0.318 e. The molecule has 0 N–H and O–H groups in total. The smallest absolute Gasteiger partial charge is 0.253 e. The van der Waals surface area contributed by atoms with Crippen LogP contribution in [0.2, 0.25) is 0 Å². The molecule has 0 bridgehead atoms. The van der Waals surface area contributed by atoms with E-state index in [1.807, 2.05) is 19.2 Å². The van der Waals surface area contributed by atoms with Crippen molar-refractivity contribution in [3.05, 3.63) is 51.6 Å². The lowest BCUT2D eigenvalue weighted by Crippen LogP contribution is -2.18. The molecule has 2 aromatic heterocycles. The summed E-state index contributed by atoms with van der Waals surface area (Å²) in [6.07, 6.45) is 5.98. The van der Waals surface area contributed by atoms with Gasteiger partial charge in [-0.05, 0) is 54.7 Å². The van der Waals surface area contributed by atoms with Crippen LogP contribution >= 0.6 is 0 Å². The number of nitrogens with zero attached hydrogens (tertiary/aromatic N) is 3. The normalized spacial score (nSPS) is 12.0. The summed E-state index contributed by atoms with van der Waals surface area (Å²) in [4.78, 5) is 12.1. The quantitative estimate of drug-likeness (QED) is 0.636. The van der Waals surface area contributed by atoms with Crippen molar-refractivity contribution in [1.29, 1.82) is 0 Å². The minimum absolute atomic E-state index is 0.0359. The number of pyridine rings is 1. The first-order chi connectivity index (χ1) is 13.1. The van der Waals surface area contributed by atoms with Gasteiger partial charge >= 0.3 is 0 Å². The molecule has 2 heterocycles. The molecular weight excluding hydrogens is 374 g/mol. The lowest BCUT2D eigenvalue weighted by Gasteiger charge is -2.11. The van der Waals surface area contributed by atoms with Crippen LogP contribution < -0.4 is 5.56 Å². The van der Waals surface area contributed by atoms with Crippen LogP contribution in [-0.2, 0) is 36.1 Å². The zero-order chi connectivity index (χ0) is 20.6. The molecule has 0 aliphatic rings. The SMILES string of the molecule is CCCCc1nn(C)c2c(CS(C)(=O)=O)cc(-c3cc(C)c(=O)n(C)c3)cc12. The molecule has 0 aliphatic carbocycles. The first-order valence-corrected chi connectivity index (χ1v) is 11.5. The molecule has 1 aromatic carbocycles. The third kappa shape index (κ3) is 4.04. The van der Waals surface area contributed by atoms with Gasteiger partial charge in [-0.2, -0.15) is 5.10 Å². The van der Waals surface area contributed by atoms with E-state index in [1.165, 1.54) is 6.26 Å². The monoisotopic (exact) mass is 401 g/mol. The van der Waals surface area contributed by atoms with Crippen LogP contribution in [-0.4, -0.2) is 29.0 Å². The topological polar surface area (TPSA) is 74.0 Å². The predicted octanol–water partition coefficient (Wildman–Crippen LogP) is 3.13. The maximum absolute atomic E-state index is 12.1. The van der Waals surface area contributed by atoms with Crippen LogP contribution in [0.1, 0.15) is 36.6 Å². The summed E-state index contributed by atoms with van der Waals surface area (Å²) in [5, 5.41) is 5.65. The zero-order valence-corrected chi connectivity index (χ0v) is 17.9. The van der Waals surface area contributed by atoms with E-state index in [2.05, 4.69) is 18.1 Å². The van der Waals surface area contributed by atoms with Crippen molar-refractivity contribution in [2.75, 3.05) is 6.26 Å². The highest BCUT2D eigenvalue weighted by Crippen LogP contribution is 2.31. The van der Waals surface area contributed by atoms with Crippen LogP contribution in [0.15, 0.2) is 29.2 Å². The lowest BCUT2D eigenvalue weighted by molar-refractivity contribution is 0.601. The van der Waals surface area contributed by atoms with Gasteiger partial charge in [-0.15, -0.1) is 0 Å². The maximum Gasteiger partial charge on any atom is 0.253 e. The van der Waals surface area contributed by atoms with Crippen molar-refractivity contribution in [2.45, 2.75) is 38.9 Å². The number of unbranched alkanes of at least 4 members (excludes halogenated alkanes) is 1. The average molecular weight is 402 g/mol. The first-order valence-electron chi connectivity index (χ1n) is 9.44. The van der Waals surface area contributed by atoms with Gasteiger partial charge in [0.2, 0.25) is 0 Å². The van der Waals surface area contributed by atoms with Gasteiger partial charge in [-0.1, -0.05) is 13.3 Å². The Hall–Kier alpha value is -2.41. The van der Waals surface area contributed by atoms with E-state index in [4.69, 9.17) is 0 Å². The summed E-state index contributed by atoms with van der Waals surface area (Å²) >= 11 is 0. The van der Waals surface area contributed by atoms with Gasteiger partial charge in [0, 0.05) is 37.5 Å². The van der Waals surface area contributed by atoms with Crippen LogP contribution in [0.25, 0.3) is 22.0 Å². The molecule has 3 rings (SSSR count). The number of hydrogen-bond donors (Lipinski definition) is 0. The molecule has 0 unspecified atom stereocenters. The predicted molar refractivity (Wildman–Crippen MR) is 113 cm³/mol. The average Bonchev–Trinajstić information content (AvgIpc) is 2.92. The van der Waals surface area contributed by atoms with E-state index in [1.54, 1.807) is 29.4 Å². The molecule has 0 atom stereocenters. The second-order valence-electron chi connectivity index (χ2n) is 7.60. The summed E-state index contributed by atoms with van der Waals surface area (Å²) in [5.74, 6) is -0.0468. The van der Waals surface area contributed by atoms with E-state index >= 15 is 0 Å². The fourth-order valence-corrected chi connectivity index (χ4v) is 4.49.